The normalized spacial score (nSPS) is 9.25. The third-order valence-corrected chi connectivity index (χ3v) is 3.02. The molecule has 1 aromatic carbocycles. The molecule has 0 radical (unpaired) electrons. The smallest absolute Gasteiger partial charge is 0.106 e. The van der Waals surface area contributed by atoms with Crippen molar-refractivity contribution >= 4 is 33.2 Å². The lowest BCUT2D eigenvalue weighted by Crippen LogP contribution is -2.23. The molecule has 0 saturated carbocycles. The number of anilines is 1. The molecule has 0 N–H and O–H groups in total. The number of alkyl halides is 1. The van der Waals surface area contributed by atoms with Gasteiger partial charge in [0.2, 0.25) is 0 Å². The number of rotatable bonds is 4. The minimum Gasteiger partial charge on any atom is -0.345 e. The molecule has 1 aromatic rings. The van der Waals surface area contributed by atoms with Gasteiger partial charge in [-0.25, -0.2) is 0 Å². The number of halogens is 2. The summed E-state index contributed by atoms with van der Waals surface area (Å²) in [5.41, 5.74) is 1.78. The second-order valence-electron chi connectivity index (χ2n) is 3.08. The molecule has 0 amide bonds. The highest BCUT2D eigenvalue weighted by atomic mass is 79.9. The van der Waals surface area contributed by atoms with Crippen molar-refractivity contribution < 1.29 is 0 Å². The summed E-state index contributed by atoms with van der Waals surface area (Å²) in [6.07, 6.45) is 0. The van der Waals surface area contributed by atoms with Crippen molar-refractivity contribution in [1.82, 2.24) is 0 Å². The fourth-order valence-electron chi connectivity index (χ4n) is 1.25. The Kier molecular flexibility index (Phi) is 5.11. The lowest BCUT2D eigenvalue weighted by atomic mass is 10.2. The van der Waals surface area contributed by atoms with Crippen LogP contribution in [0, 0.1) is 22.7 Å². The third kappa shape index (κ3) is 3.13. The van der Waals surface area contributed by atoms with Crippen LogP contribution in [-0.4, -0.2) is 13.1 Å². The predicted octanol–water partition coefficient (Wildman–Crippen LogP) is 3.09. The Morgan fingerprint density at radius 1 is 1.25 bits per heavy atom. The zero-order valence-corrected chi connectivity index (χ0v) is 10.8. The number of nitrogens with zero attached hydrogens (tertiary/aromatic N) is 3. The highest BCUT2D eigenvalue weighted by molar-refractivity contribution is 9.08. The summed E-state index contributed by atoms with van der Waals surface area (Å²) in [7, 11) is 0. The van der Waals surface area contributed by atoms with Crippen LogP contribution >= 0.6 is 27.5 Å². The molecule has 0 saturated heterocycles. The fourth-order valence-corrected chi connectivity index (χ4v) is 2.14. The van der Waals surface area contributed by atoms with E-state index in [4.69, 9.17) is 22.1 Å². The van der Waals surface area contributed by atoms with Gasteiger partial charge in [0, 0.05) is 16.0 Å². The van der Waals surface area contributed by atoms with E-state index in [9.17, 15) is 0 Å². The topological polar surface area (TPSA) is 50.8 Å². The molecule has 0 aliphatic rings. The maximum absolute atomic E-state index is 8.65. The van der Waals surface area contributed by atoms with Gasteiger partial charge in [0.15, 0.2) is 0 Å². The van der Waals surface area contributed by atoms with Crippen LogP contribution in [0.25, 0.3) is 0 Å². The molecular formula is C11H9BrClN3. The third-order valence-electron chi connectivity index (χ3n) is 2.07. The molecule has 0 unspecified atom stereocenters. The number of nitriles is 2. The van der Waals surface area contributed by atoms with Crippen molar-refractivity contribution in [2.45, 2.75) is 5.33 Å². The largest absolute Gasteiger partial charge is 0.345 e. The number of benzene rings is 1. The number of hydrogen-bond donors (Lipinski definition) is 0. The minimum absolute atomic E-state index is 0.178. The van der Waals surface area contributed by atoms with Crippen LogP contribution < -0.4 is 4.90 Å². The van der Waals surface area contributed by atoms with E-state index < -0.39 is 0 Å². The average Bonchev–Trinajstić information content (AvgIpc) is 2.28. The maximum atomic E-state index is 8.65. The lowest BCUT2D eigenvalue weighted by molar-refractivity contribution is 0.966. The maximum Gasteiger partial charge on any atom is 0.106 e. The van der Waals surface area contributed by atoms with Crippen molar-refractivity contribution in [2.24, 2.45) is 0 Å². The Morgan fingerprint density at radius 2 is 1.88 bits per heavy atom. The summed E-state index contributed by atoms with van der Waals surface area (Å²) < 4.78 is 0. The van der Waals surface area contributed by atoms with Gasteiger partial charge >= 0.3 is 0 Å². The molecule has 0 fully saturated rings. The Hall–Kier alpha value is -1.23. The Labute approximate surface area is 108 Å². The Morgan fingerprint density at radius 3 is 2.31 bits per heavy atom. The van der Waals surface area contributed by atoms with Crippen LogP contribution in [0.15, 0.2) is 18.2 Å². The second kappa shape index (κ2) is 6.37. The Balaban J connectivity index is 2.98. The van der Waals surface area contributed by atoms with Crippen molar-refractivity contribution in [2.75, 3.05) is 18.0 Å². The molecule has 0 atom stereocenters. The Bertz CT molecular complexity index is 432. The van der Waals surface area contributed by atoms with E-state index in [1.165, 1.54) is 0 Å². The first-order chi connectivity index (χ1) is 7.72. The summed E-state index contributed by atoms with van der Waals surface area (Å²) in [5.74, 6) is 0. The molecule has 3 nitrogen and oxygen atoms in total. The fraction of sp³-hybridized carbons (Fsp3) is 0.273. The molecule has 0 aromatic heterocycles. The average molecular weight is 299 g/mol. The van der Waals surface area contributed by atoms with Gasteiger partial charge in [0.05, 0.1) is 12.1 Å². The molecule has 0 spiro atoms. The highest BCUT2D eigenvalue weighted by Gasteiger charge is 2.07. The molecule has 82 valence electrons. The van der Waals surface area contributed by atoms with Crippen LogP contribution in [-0.2, 0) is 5.33 Å². The van der Waals surface area contributed by atoms with Gasteiger partial charge in [-0.2, -0.15) is 10.5 Å². The standard InChI is InChI=1S/C11H9BrClN3/c12-8-9-1-2-10(7-11(9)13)16(5-3-14)6-4-15/h1-2,7H,5-6,8H2. The zero-order valence-electron chi connectivity index (χ0n) is 8.45. The molecule has 16 heavy (non-hydrogen) atoms. The van der Waals surface area contributed by atoms with E-state index in [2.05, 4.69) is 15.9 Å². The summed E-state index contributed by atoms with van der Waals surface area (Å²) in [5, 5.41) is 18.6. The monoisotopic (exact) mass is 297 g/mol. The van der Waals surface area contributed by atoms with Gasteiger partial charge in [-0.15, -0.1) is 0 Å². The van der Waals surface area contributed by atoms with E-state index in [1.807, 2.05) is 24.3 Å². The van der Waals surface area contributed by atoms with Crippen LogP contribution in [0.4, 0.5) is 5.69 Å². The minimum atomic E-state index is 0.178. The van der Waals surface area contributed by atoms with E-state index in [-0.39, 0.29) is 13.1 Å². The van der Waals surface area contributed by atoms with Gasteiger partial charge in [0.25, 0.3) is 0 Å². The van der Waals surface area contributed by atoms with Gasteiger partial charge in [0.1, 0.15) is 13.1 Å². The highest BCUT2D eigenvalue weighted by Crippen LogP contribution is 2.25. The van der Waals surface area contributed by atoms with Crippen molar-refractivity contribution in [3.8, 4) is 12.1 Å². The van der Waals surface area contributed by atoms with E-state index >= 15 is 0 Å². The summed E-state index contributed by atoms with van der Waals surface area (Å²) in [4.78, 5) is 1.67. The van der Waals surface area contributed by atoms with Crippen molar-refractivity contribution in [3.63, 3.8) is 0 Å². The molecule has 5 heteroatoms. The molecular weight excluding hydrogens is 289 g/mol. The molecule has 1 rings (SSSR count). The van der Waals surface area contributed by atoms with Crippen LogP contribution in [0.3, 0.4) is 0 Å². The molecule has 0 aliphatic heterocycles. The molecule has 0 aliphatic carbocycles. The number of hydrogen-bond acceptors (Lipinski definition) is 3. The molecule has 0 bridgehead atoms. The van der Waals surface area contributed by atoms with Crippen LogP contribution in [0.1, 0.15) is 5.56 Å². The lowest BCUT2D eigenvalue weighted by Gasteiger charge is -2.18. The van der Waals surface area contributed by atoms with E-state index in [0.717, 1.165) is 11.3 Å². The van der Waals surface area contributed by atoms with Crippen molar-refractivity contribution in [3.05, 3.63) is 28.8 Å². The zero-order chi connectivity index (χ0) is 12.0. The first kappa shape index (κ1) is 12.8. The van der Waals surface area contributed by atoms with Crippen LogP contribution in [0.2, 0.25) is 5.02 Å². The van der Waals surface area contributed by atoms with Gasteiger partial charge in [-0.05, 0) is 17.7 Å². The first-order valence-electron chi connectivity index (χ1n) is 4.56. The predicted molar refractivity (Wildman–Crippen MR) is 67.5 cm³/mol. The van der Waals surface area contributed by atoms with Gasteiger partial charge in [-0.1, -0.05) is 33.6 Å². The SMILES string of the molecule is N#CCN(CC#N)c1ccc(CBr)c(Cl)c1. The van der Waals surface area contributed by atoms with E-state index in [0.29, 0.717) is 10.4 Å². The quantitative estimate of drug-likeness (QED) is 0.634. The van der Waals surface area contributed by atoms with Crippen LogP contribution in [0.5, 0.6) is 0 Å². The second-order valence-corrected chi connectivity index (χ2v) is 4.05. The first-order valence-corrected chi connectivity index (χ1v) is 6.06. The molecule has 0 heterocycles. The van der Waals surface area contributed by atoms with E-state index in [1.54, 1.807) is 11.0 Å². The van der Waals surface area contributed by atoms with Gasteiger partial charge in [-0.3, -0.25) is 0 Å². The summed E-state index contributed by atoms with van der Waals surface area (Å²) in [6, 6.07) is 9.56. The summed E-state index contributed by atoms with van der Waals surface area (Å²) >= 11 is 9.38. The van der Waals surface area contributed by atoms with Crippen molar-refractivity contribution in [1.29, 1.82) is 10.5 Å². The summed E-state index contributed by atoms with van der Waals surface area (Å²) in [6.45, 7) is 0.356. The van der Waals surface area contributed by atoms with Gasteiger partial charge < -0.3 is 4.90 Å².